The minimum absolute atomic E-state index is 0. The maximum atomic E-state index is 8.24. The van der Waals surface area contributed by atoms with E-state index in [2.05, 4.69) is 0 Å². The van der Waals surface area contributed by atoms with Gasteiger partial charge in [0.1, 0.15) is 0 Å². The molecule has 0 aromatic rings. The van der Waals surface area contributed by atoms with E-state index in [9.17, 15) is 0 Å². The van der Waals surface area contributed by atoms with Crippen molar-refractivity contribution in [2.75, 3.05) is 0 Å². The van der Waals surface area contributed by atoms with Crippen LogP contribution in [-0.2, 0) is 0 Å². The number of nitrogens with zero attached hydrogens (tertiary/aromatic N) is 4. The molecule has 14 heavy (non-hydrogen) atoms. The van der Waals surface area contributed by atoms with Gasteiger partial charge in [0, 0.05) is 12.5 Å². The fourth-order valence-corrected chi connectivity index (χ4v) is 0. The first-order chi connectivity index (χ1) is 5.66. The average Bonchev–Trinajstić information content (AvgIpc) is 1.92. The molecule has 0 aromatic heterocycles. The van der Waals surface area contributed by atoms with Crippen LogP contribution in [0.25, 0.3) is 0 Å². The molecule has 0 fully saturated rings. The van der Waals surface area contributed by atoms with Crippen LogP contribution in [0.1, 0.15) is 0 Å². The maximum absolute atomic E-state index is 8.24. The van der Waals surface area contributed by atoms with Gasteiger partial charge < -0.3 is 20.4 Å². The predicted molar refractivity (Wildman–Crippen MR) is 42.5 cm³/mol. The van der Waals surface area contributed by atoms with Gasteiger partial charge in [0.05, 0.1) is 0 Å². The van der Waals surface area contributed by atoms with E-state index in [1.165, 1.54) is 0 Å². The minimum atomic E-state index is 0. The molecule has 0 saturated carbocycles. The molecule has 0 rings (SSSR count). The molecule has 0 atom stereocenters. The van der Waals surface area contributed by atoms with Gasteiger partial charge in [-0.3, -0.25) is 0 Å². The zero-order valence-electron chi connectivity index (χ0n) is 6.71. The normalized spacial score (nSPS) is 2.00. The Kier molecular flexibility index (Phi) is 491. The summed E-state index contributed by atoms with van der Waals surface area (Å²) in [5, 5.41) is 57.5. The van der Waals surface area contributed by atoms with E-state index in [1.807, 2.05) is 0 Å². The van der Waals surface area contributed by atoms with Crippen molar-refractivity contribution in [3.63, 3.8) is 0 Å². The number of hydrogen-bond acceptors (Lipinski definition) is 8. The molecule has 0 aromatic carbocycles. The molecule has 0 amide bonds. The SMILES string of the molecule is N#CO.N#CO.N#C[O-].N#C[O-].S.[Ca+2]. The molecule has 0 spiro atoms. The van der Waals surface area contributed by atoms with E-state index in [0.29, 0.717) is 12.5 Å². The number of hydrogen-bond donors (Lipinski definition) is 2. The Balaban J connectivity index is -0.0000000145. The second kappa shape index (κ2) is 178. The van der Waals surface area contributed by atoms with E-state index in [4.69, 9.17) is 41.5 Å². The average molecular weight is 244 g/mol. The topological polar surface area (TPSA) is 182 Å². The minimum Gasteiger partial charge on any atom is -0.812 e. The number of nitriles is 4. The van der Waals surface area contributed by atoms with Crippen LogP contribution in [0.3, 0.4) is 0 Å². The van der Waals surface area contributed by atoms with Crippen LogP contribution in [0.2, 0.25) is 0 Å². The first kappa shape index (κ1) is 38.6. The molecule has 0 aliphatic carbocycles. The summed E-state index contributed by atoms with van der Waals surface area (Å²) < 4.78 is 0. The molecule has 72 valence electrons. The third kappa shape index (κ3) is 679. The zero-order valence-corrected chi connectivity index (χ0v) is 9.92. The summed E-state index contributed by atoms with van der Waals surface area (Å²) in [7, 11) is 0. The summed E-state index contributed by atoms with van der Waals surface area (Å²) in [6.45, 7) is 0. The first-order valence-electron chi connectivity index (χ1n) is 1.75. The fraction of sp³-hybridized carbons (Fsp3) is 0. The molecule has 0 aliphatic rings. The Labute approximate surface area is 117 Å². The molecule has 0 aliphatic heterocycles. The van der Waals surface area contributed by atoms with Crippen molar-refractivity contribution < 1.29 is 20.4 Å². The monoisotopic (exact) mass is 244 g/mol. The van der Waals surface area contributed by atoms with Crippen molar-refractivity contribution in [3.05, 3.63) is 0 Å². The van der Waals surface area contributed by atoms with Gasteiger partial charge in [-0.1, -0.05) is 0 Å². The molecule has 0 unspecified atom stereocenters. The molecule has 2 N–H and O–H groups in total. The second-order valence-electron chi connectivity index (χ2n) is 0.383. The molecule has 10 heteroatoms. The van der Waals surface area contributed by atoms with E-state index in [0.717, 1.165) is 12.5 Å². The number of aliphatic hydroxyl groups excluding tert-OH is 2. The Bertz CT molecular complexity index is 163. The van der Waals surface area contributed by atoms with E-state index in [-0.39, 0.29) is 51.2 Å². The van der Waals surface area contributed by atoms with E-state index < -0.39 is 0 Å². The number of rotatable bonds is 0. The van der Waals surface area contributed by atoms with Crippen LogP contribution in [0.15, 0.2) is 0 Å². The Morgan fingerprint density at radius 3 is 0.786 bits per heavy atom. The van der Waals surface area contributed by atoms with Gasteiger partial charge >= 0.3 is 37.7 Å². The molecule has 0 radical (unpaired) electrons. The van der Waals surface area contributed by atoms with Crippen LogP contribution >= 0.6 is 13.5 Å². The smallest absolute Gasteiger partial charge is 0.812 e. The second-order valence-corrected chi connectivity index (χ2v) is 0.383. The van der Waals surface area contributed by atoms with Crippen molar-refractivity contribution in [3.8, 4) is 25.0 Å². The van der Waals surface area contributed by atoms with Crippen molar-refractivity contribution in [2.45, 2.75) is 0 Å². The molecular weight excluding hydrogens is 240 g/mol. The van der Waals surface area contributed by atoms with Gasteiger partial charge in [-0.15, -0.1) is 0 Å². The van der Waals surface area contributed by atoms with Crippen LogP contribution in [0.5, 0.6) is 0 Å². The van der Waals surface area contributed by atoms with Gasteiger partial charge in [-0.25, -0.2) is 10.5 Å². The molecular formula is C4H4CaN4O4S. The quantitative estimate of drug-likeness (QED) is 0.335. The molecule has 0 heterocycles. The maximum Gasteiger partial charge on any atom is 2.00 e. The van der Waals surface area contributed by atoms with Gasteiger partial charge in [0.2, 0.25) is 0 Å². The van der Waals surface area contributed by atoms with Crippen LogP contribution in [0.4, 0.5) is 0 Å². The van der Waals surface area contributed by atoms with Gasteiger partial charge in [-0.05, 0) is 0 Å². The Hall–Kier alpha value is -1.23. The number of aliphatic hydroxyl groups is 2. The van der Waals surface area contributed by atoms with Crippen LogP contribution in [-0.4, -0.2) is 48.0 Å². The van der Waals surface area contributed by atoms with E-state index >= 15 is 0 Å². The van der Waals surface area contributed by atoms with Gasteiger partial charge in [0.15, 0.2) is 0 Å². The van der Waals surface area contributed by atoms with Crippen molar-refractivity contribution >= 4 is 51.2 Å². The summed E-state index contributed by atoms with van der Waals surface area (Å²) in [6.07, 6.45) is 2.50. The van der Waals surface area contributed by atoms with Crippen molar-refractivity contribution in [1.29, 1.82) is 21.0 Å². The van der Waals surface area contributed by atoms with Gasteiger partial charge in [-0.2, -0.15) is 24.0 Å². The Morgan fingerprint density at radius 1 is 0.786 bits per heavy atom. The third-order valence-corrected chi connectivity index (χ3v) is 0. The summed E-state index contributed by atoms with van der Waals surface area (Å²) in [5.41, 5.74) is 0. The standard InChI is InChI=1S/4CHNO.Ca.H2S/c4*2-1-3;;/h4*3H;;1H2/q;;;;+2;/p-2. The van der Waals surface area contributed by atoms with Crippen molar-refractivity contribution in [2.24, 2.45) is 0 Å². The largest absolute Gasteiger partial charge is 2.00 e. The van der Waals surface area contributed by atoms with Gasteiger partial charge in [0.25, 0.3) is 12.5 Å². The predicted octanol–water partition coefficient (Wildman–Crippen LogP) is -2.93. The summed E-state index contributed by atoms with van der Waals surface area (Å²) >= 11 is 0. The van der Waals surface area contributed by atoms with E-state index in [1.54, 1.807) is 0 Å². The molecule has 0 bridgehead atoms. The summed E-state index contributed by atoms with van der Waals surface area (Å²) in [5.74, 6) is 0. The fourth-order valence-electron chi connectivity index (χ4n) is 0. The zero-order chi connectivity index (χ0) is 10.8. The third-order valence-electron chi connectivity index (χ3n) is 0. The van der Waals surface area contributed by atoms with Crippen molar-refractivity contribution in [1.82, 2.24) is 0 Å². The first-order valence-corrected chi connectivity index (χ1v) is 1.75. The van der Waals surface area contributed by atoms with Crippen LogP contribution in [0, 0.1) is 46.1 Å². The summed E-state index contributed by atoms with van der Waals surface area (Å²) in [4.78, 5) is 0. The molecule has 0 saturated heterocycles. The Morgan fingerprint density at radius 2 is 0.786 bits per heavy atom. The summed E-state index contributed by atoms with van der Waals surface area (Å²) in [6, 6.07) is 0. The van der Waals surface area contributed by atoms with Crippen LogP contribution < -0.4 is 10.2 Å². The molecule has 8 nitrogen and oxygen atoms in total.